The molecule has 2 N–H and O–H groups in total. The number of fused-ring (bicyclic) bond motifs is 1. The molecule has 0 aliphatic carbocycles. The van der Waals surface area contributed by atoms with E-state index in [2.05, 4.69) is 10.6 Å². The fourth-order valence-electron chi connectivity index (χ4n) is 2.28. The molecule has 6 heteroatoms. The highest BCUT2D eigenvalue weighted by atomic mass is 19.1. The van der Waals surface area contributed by atoms with Crippen LogP contribution in [-0.2, 0) is 16.1 Å². The van der Waals surface area contributed by atoms with Gasteiger partial charge in [0.15, 0.2) is 0 Å². The summed E-state index contributed by atoms with van der Waals surface area (Å²) in [6.07, 6.45) is -1.24. The van der Waals surface area contributed by atoms with Crippen molar-refractivity contribution in [3.05, 3.63) is 59.4 Å². The zero-order valence-electron chi connectivity index (χ0n) is 12.4. The highest BCUT2D eigenvalue weighted by molar-refractivity contribution is 6.11. The van der Waals surface area contributed by atoms with Crippen molar-refractivity contribution in [2.24, 2.45) is 0 Å². The second kappa shape index (κ2) is 6.08. The molecule has 2 amide bonds. The van der Waals surface area contributed by atoms with Gasteiger partial charge < -0.3 is 15.4 Å². The van der Waals surface area contributed by atoms with Crippen LogP contribution in [0.2, 0.25) is 0 Å². The lowest BCUT2D eigenvalue weighted by molar-refractivity contribution is -0.137. The van der Waals surface area contributed by atoms with E-state index in [0.717, 1.165) is 11.1 Å². The maximum absolute atomic E-state index is 12.8. The maximum Gasteiger partial charge on any atom is 0.275 e. The minimum atomic E-state index is -1.24. The second-order valence-electron chi connectivity index (χ2n) is 5.33. The lowest BCUT2D eigenvalue weighted by Crippen LogP contribution is -2.48. The van der Waals surface area contributed by atoms with Crippen LogP contribution in [0.1, 0.15) is 11.1 Å². The Morgan fingerprint density at radius 2 is 2.00 bits per heavy atom. The number of aryl methyl sites for hydroxylation is 1. The highest BCUT2D eigenvalue weighted by Gasteiger charge is 2.33. The van der Waals surface area contributed by atoms with E-state index in [-0.39, 0.29) is 12.4 Å². The van der Waals surface area contributed by atoms with Crippen molar-refractivity contribution in [2.45, 2.75) is 19.6 Å². The lowest BCUT2D eigenvalue weighted by atomic mass is 10.1. The first-order chi connectivity index (χ1) is 11.0. The largest absolute Gasteiger partial charge is 0.468 e. The molecule has 1 unspecified atom stereocenters. The number of amides is 2. The molecule has 1 aliphatic heterocycles. The smallest absolute Gasteiger partial charge is 0.275 e. The van der Waals surface area contributed by atoms with Crippen LogP contribution in [0.4, 0.5) is 10.1 Å². The van der Waals surface area contributed by atoms with Gasteiger partial charge in [-0.15, -0.1) is 0 Å². The first-order valence-electron chi connectivity index (χ1n) is 7.13. The zero-order valence-corrected chi connectivity index (χ0v) is 12.4. The first kappa shape index (κ1) is 15.0. The molecule has 0 saturated carbocycles. The van der Waals surface area contributed by atoms with Gasteiger partial charge >= 0.3 is 0 Å². The summed E-state index contributed by atoms with van der Waals surface area (Å²) in [7, 11) is 0. The average Bonchev–Trinajstić information content (AvgIpc) is 2.53. The van der Waals surface area contributed by atoms with Gasteiger partial charge in [0.1, 0.15) is 11.6 Å². The number of carbonyl (C=O) groups is 2. The van der Waals surface area contributed by atoms with Crippen LogP contribution in [0.25, 0.3) is 0 Å². The topological polar surface area (TPSA) is 67.4 Å². The third-order valence-corrected chi connectivity index (χ3v) is 3.49. The Morgan fingerprint density at radius 3 is 2.74 bits per heavy atom. The molecule has 0 saturated heterocycles. The molecule has 2 aromatic carbocycles. The van der Waals surface area contributed by atoms with E-state index < -0.39 is 17.9 Å². The molecular formula is C17H15FN2O3. The van der Waals surface area contributed by atoms with Crippen LogP contribution in [0.3, 0.4) is 0 Å². The van der Waals surface area contributed by atoms with Crippen molar-refractivity contribution in [2.75, 3.05) is 5.32 Å². The summed E-state index contributed by atoms with van der Waals surface area (Å²) in [5, 5.41) is 5.28. The Bertz CT molecular complexity index is 759. The van der Waals surface area contributed by atoms with Crippen LogP contribution in [-0.4, -0.2) is 17.9 Å². The number of carbonyl (C=O) groups excluding carboxylic acids is 2. The van der Waals surface area contributed by atoms with E-state index in [9.17, 15) is 14.0 Å². The third-order valence-electron chi connectivity index (χ3n) is 3.49. The highest BCUT2D eigenvalue weighted by Crippen LogP contribution is 2.30. The molecule has 2 aromatic rings. The van der Waals surface area contributed by atoms with Gasteiger partial charge in [0, 0.05) is 6.54 Å². The van der Waals surface area contributed by atoms with Crippen molar-refractivity contribution in [3.63, 3.8) is 0 Å². The standard InChI is InChI=1S/C17H15FN2O3/c1-10-2-7-14-13(8-10)20-17(22)15(23-14)16(21)19-9-11-3-5-12(18)6-4-11/h2-8,15H,9H2,1H3,(H,19,21)(H,20,22). The van der Waals surface area contributed by atoms with Gasteiger partial charge in [-0.3, -0.25) is 9.59 Å². The maximum atomic E-state index is 12.8. The molecule has 23 heavy (non-hydrogen) atoms. The quantitative estimate of drug-likeness (QED) is 0.853. The van der Waals surface area contributed by atoms with Crippen LogP contribution in [0, 0.1) is 12.7 Å². The molecule has 0 bridgehead atoms. The molecule has 1 heterocycles. The van der Waals surface area contributed by atoms with Crippen molar-refractivity contribution in [1.29, 1.82) is 0 Å². The van der Waals surface area contributed by atoms with Crippen molar-refractivity contribution < 1.29 is 18.7 Å². The Kier molecular flexibility index (Phi) is 3.97. The number of hydrogen-bond donors (Lipinski definition) is 2. The average molecular weight is 314 g/mol. The fraction of sp³-hybridized carbons (Fsp3) is 0.176. The molecule has 3 rings (SSSR count). The summed E-state index contributed by atoms with van der Waals surface area (Å²) in [4.78, 5) is 24.2. The van der Waals surface area contributed by atoms with Gasteiger partial charge in [0.25, 0.3) is 17.9 Å². The SMILES string of the molecule is Cc1ccc2c(c1)NC(=O)C(C(=O)NCc1ccc(F)cc1)O2. The summed E-state index contributed by atoms with van der Waals surface area (Å²) in [6, 6.07) is 11.1. The van der Waals surface area contributed by atoms with Crippen LogP contribution in [0.15, 0.2) is 42.5 Å². The minimum Gasteiger partial charge on any atom is -0.468 e. The number of halogens is 1. The molecule has 0 spiro atoms. The van der Waals surface area contributed by atoms with Gasteiger partial charge in [-0.05, 0) is 42.3 Å². The van der Waals surface area contributed by atoms with Crippen LogP contribution >= 0.6 is 0 Å². The Morgan fingerprint density at radius 1 is 1.26 bits per heavy atom. The van der Waals surface area contributed by atoms with E-state index >= 15 is 0 Å². The summed E-state index contributed by atoms with van der Waals surface area (Å²) in [5.74, 6) is -0.947. The Balaban J connectivity index is 1.66. The zero-order chi connectivity index (χ0) is 16.4. The summed E-state index contributed by atoms with van der Waals surface area (Å²) >= 11 is 0. The number of anilines is 1. The van der Waals surface area contributed by atoms with Gasteiger partial charge in [-0.2, -0.15) is 0 Å². The fourth-order valence-corrected chi connectivity index (χ4v) is 2.28. The molecule has 1 aliphatic rings. The van der Waals surface area contributed by atoms with Crippen molar-refractivity contribution in [1.82, 2.24) is 5.32 Å². The van der Waals surface area contributed by atoms with Gasteiger partial charge in [0.05, 0.1) is 5.69 Å². The first-order valence-corrected chi connectivity index (χ1v) is 7.13. The van der Waals surface area contributed by atoms with E-state index in [1.54, 1.807) is 24.3 Å². The number of nitrogens with one attached hydrogen (secondary N) is 2. The molecule has 118 valence electrons. The number of ether oxygens (including phenoxy) is 1. The molecule has 0 aromatic heterocycles. The summed E-state index contributed by atoms with van der Waals surface area (Å²) < 4.78 is 18.3. The Labute approximate surface area is 132 Å². The molecule has 5 nitrogen and oxygen atoms in total. The van der Waals surface area contributed by atoms with Gasteiger partial charge in [0.2, 0.25) is 0 Å². The predicted octanol–water partition coefficient (Wildman–Crippen LogP) is 2.15. The van der Waals surface area contributed by atoms with Gasteiger partial charge in [-0.25, -0.2) is 4.39 Å². The van der Waals surface area contributed by atoms with Gasteiger partial charge in [-0.1, -0.05) is 18.2 Å². The molecule has 0 fully saturated rings. The third kappa shape index (κ3) is 3.31. The van der Waals surface area contributed by atoms with E-state index in [4.69, 9.17) is 4.74 Å². The normalized spacial score (nSPS) is 16.1. The molecular weight excluding hydrogens is 299 g/mol. The number of rotatable bonds is 3. The monoisotopic (exact) mass is 314 g/mol. The van der Waals surface area contributed by atoms with E-state index in [1.807, 2.05) is 13.0 Å². The second-order valence-corrected chi connectivity index (χ2v) is 5.33. The molecule has 1 atom stereocenters. The van der Waals surface area contributed by atoms with E-state index in [1.165, 1.54) is 12.1 Å². The Hall–Kier alpha value is -2.89. The minimum absolute atomic E-state index is 0.188. The van der Waals surface area contributed by atoms with Crippen molar-refractivity contribution >= 4 is 17.5 Å². The lowest BCUT2D eigenvalue weighted by Gasteiger charge is -2.25. The number of hydrogen-bond acceptors (Lipinski definition) is 3. The summed E-state index contributed by atoms with van der Waals surface area (Å²) in [6.45, 7) is 2.08. The molecule has 0 radical (unpaired) electrons. The van der Waals surface area contributed by atoms with Crippen molar-refractivity contribution in [3.8, 4) is 5.75 Å². The predicted molar refractivity (Wildman–Crippen MR) is 82.5 cm³/mol. The van der Waals surface area contributed by atoms with Crippen LogP contribution in [0.5, 0.6) is 5.75 Å². The van der Waals surface area contributed by atoms with Crippen LogP contribution < -0.4 is 15.4 Å². The number of benzene rings is 2. The summed E-state index contributed by atoms with van der Waals surface area (Å²) in [5.41, 5.74) is 2.26. The van der Waals surface area contributed by atoms with E-state index in [0.29, 0.717) is 11.4 Å².